The molecule has 0 spiro atoms. The normalized spacial score (nSPS) is 30.6. The van der Waals surface area contributed by atoms with Gasteiger partial charge in [-0.2, -0.15) is 5.10 Å². The second-order valence-electron chi connectivity index (χ2n) is 7.38. The second kappa shape index (κ2) is 5.36. The average molecular weight is 322 g/mol. The van der Waals surface area contributed by atoms with Crippen LogP contribution in [0, 0.1) is 5.92 Å². The van der Waals surface area contributed by atoms with Crippen LogP contribution >= 0.6 is 0 Å². The highest BCUT2D eigenvalue weighted by Crippen LogP contribution is 2.56. The number of urea groups is 1. The van der Waals surface area contributed by atoms with Crippen LogP contribution in [0.15, 0.2) is 36.7 Å². The molecular weight excluding hydrogens is 300 g/mol. The molecule has 4 atom stereocenters. The first kappa shape index (κ1) is 14.1. The number of amides is 2. The Morgan fingerprint density at radius 3 is 3.12 bits per heavy atom. The predicted molar refractivity (Wildman–Crippen MR) is 90.8 cm³/mol. The molecule has 5 nitrogen and oxygen atoms in total. The van der Waals surface area contributed by atoms with E-state index in [2.05, 4.69) is 39.8 Å². The van der Waals surface area contributed by atoms with E-state index in [9.17, 15) is 4.79 Å². The maximum atomic E-state index is 12.7. The number of benzene rings is 1. The van der Waals surface area contributed by atoms with Crippen LogP contribution in [0.5, 0.6) is 0 Å². The Morgan fingerprint density at radius 1 is 1.33 bits per heavy atom. The Balaban J connectivity index is 1.23. The molecule has 5 heteroatoms. The zero-order chi connectivity index (χ0) is 16.1. The van der Waals surface area contributed by atoms with Crippen molar-refractivity contribution < 1.29 is 4.79 Å². The fraction of sp³-hybridized carbons (Fsp3) is 0.474. The van der Waals surface area contributed by atoms with E-state index >= 15 is 0 Å². The van der Waals surface area contributed by atoms with E-state index in [1.807, 2.05) is 17.3 Å². The molecule has 24 heavy (non-hydrogen) atoms. The maximum Gasteiger partial charge on any atom is 0.317 e. The summed E-state index contributed by atoms with van der Waals surface area (Å²) < 4.78 is 0. The fourth-order valence-corrected chi connectivity index (χ4v) is 4.70. The van der Waals surface area contributed by atoms with Crippen molar-refractivity contribution in [1.29, 1.82) is 0 Å². The average Bonchev–Trinajstić information content (AvgIpc) is 3.02. The third-order valence-corrected chi connectivity index (χ3v) is 6.03. The van der Waals surface area contributed by atoms with Gasteiger partial charge < -0.3 is 10.2 Å². The van der Waals surface area contributed by atoms with Crippen molar-refractivity contribution in [3.05, 3.63) is 53.3 Å². The standard InChI is InChI=1S/C19H22N4O/c24-19(23-7-3-5-13(11-23)14-9-20-21-10-14)22-18-16-8-12-4-1-2-6-15(12)17(16)18/h1-2,4,6,9-10,13,16-18H,3,5,7-8,11H2,(H,20,21)(H,22,24)/t13-,16-,17+,18-/m1/s1. The molecule has 3 aliphatic rings. The summed E-state index contributed by atoms with van der Waals surface area (Å²) in [6.07, 6.45) is 7.14. The minimum atomic E-state index is 0.111. The van der Waals surface area contributed by atoms with Gasteiger partial charge in [0.2, 0.25) is 0 Å². The molecule has 1 aromatic heterocycles. The first-order valence-electron chi connectivity index (χ1n) is 8.93. The van der Waals surface area contributed by atoms with Crippen molar-refractivity contribution in [2.45, 2.75) is 37.1 Å². The molecule has 1 saturated heterocycles. The number of fused-ring (bicyclic) bond motifs is 3. The van der Waals surface area contributed by atoms with Crippen LogP contribution in [0.3, 0.4) is 0 Å². The summed E-state index contributed by atoms with van der Waals surface area (Å²) in [7, 11) is 0. The smallest absolute Gasteiger partial charge is 0.317 e. The van der Waals surface area contributed by atoms with E-state index in [1.54, 1.807) is 0 Å². The van der Waals surface area contributed by atoms with Crippen LogP contribution in [0.1, 0.15) is 41.4 Å². The number of likely N-dealkylation sites (tertiary alicyclic amines) is 1. The highest BCUT2D eigenvalue weighted by Gasteiger charge is 2.56. The summed E-state index contributed by atoms with van der Waals surface area (Å²) >= 11 is 0. The van der Waals surface area contributed by atoms with E-state index in [0.717, 1.165) is 32.4 Å². The van der Waals surface area contributed by atoms with E-state index < -0.39 is 0 Å². The van der Waals surface area contributed by atoms with Gasteiger partial charge in [0.05, 0.1) is 6.20 Å². The lowest BCUT2D eigenvalue weighted by molar-refractivity contribution is 0.178. The highest BCUT2D eigenvalue weighted by atomic mass is 16.2. The topological polar surface area (TPSA) is 61.0 Å². The lowest BCUT2D eigenvalue weighted by atomic mass is 9.93. The fourth-order valence-electron chi connectivity index (χ4n) is 4.70. The minimum absolute atomic E-state index is 0.111. The summed E-state index contributed by atoms with van der Waals surface area (Å²) in [6, 6.07) is 9.11. The number of H-pyrrole nitrogens is 1. The molecule has 2 N–H and O–H groups in total. The number of aromatic amines is 1. The number of nitrogens with one attached hydrogen (secondary N) is 2. The Labute approximate surface area is 141 Å². The van der Waals surface area contributed by atoms with Gasteiger partial charge in [-0.3, -0.25) is 5.10 Å². The predicted octanol–water partition coefficient (Wildman–Crippen LogP) is 2.64. The number of hydrogen-bond acceptors (Lipinski definition) is 2. The highest BCUT2D eigenvalue weighted by molar-refractivity contribution is 5.76. The minimum Gasteiger partial charge on any atom is -0.334 e. The van der Waals surface area contributed by atoms with E-state index in [-0.39, 0.29) is 6.03 Å². The van der Waals surface area contributed by atoms with Gasteiger partial charge in [-0.05, 0) is 41.9 Å². The van der Waals surface area contributed by atoms with Crippen molar-refractivity contribution in [2.75, 3.05) is 13.1 Å². The first-order chi connectivity index (χ1) is 11.8. The largest absolute Gasteiger partial charge is 0.334 e. The lowest BCUT2D eigenvalue weighted by Crippen LogP contribution is -2.46. The van der Waals surface area contributed by atoms with Crippen LogP contribution in [-0.4, -0.2) is 40.3 Å². The van der Waals surface area contributed by atoms with Gasteiger partial charge in [-0.25, -0.2) is 4.79 Å². The van der Waals surface area contributed by atoms with Crippen LogP contribution in [0.2, 0.25) is 0 Å². The number of carbonyl (C=O) groups excluding carboxylic acids is 1. The molecular formula is C19H22N4O. The number of aromatic nitrogens is 2. The number of nitrogens with zero attached hydrogens (tertiary/aromatic N) is 2. The number of piperidine rings is 1. The molecule has 2 aromatic rings. The zero-order valence-electron chi connectivity index (χ0n) is 13.6. The van der Waals surface area contributed by atoms with Crippen LogP contribution in [0.4, 0.5) is 4.79 Å². The molecule has 0 bridgehead atoms. The van der Waals surface area contributed by atoms with Gasteiger partial charge in [0.25, 0.3) is 0 Å². The Hall–Kier alpha value is -2.30. The molecule has 2 aliphatic carbocycles. The van der Waals surface area contributed by atoms with Gasteiger partial charge in [0.15, 0.2) is 0 Å². The van der Waals surface area contributed by atoms with E-state index in [1.165, 1.54) is 16.7 Å². The van der Waals surface area contributed by atoms with Crippen molar-refractivity contribution in [3.63, 3.8) is 0 Å². The van der Waals surface area contributed by atoms with Crippen LogP contribution in [0.25, 0.3) is 0 Å². The zero-order valence-corrected chi connectivity index (χ0v) is 13.6. The van der Waals surface area contributed by atoms with Crippen LogP contribution in [-0.2, 0) is 6.42 Å². The van der Waals surface area contributed by atoms with E-state index in [4.69, 9.17) is 0 Å². The maximum absolute atomic E-state index is 12.7. The molecule has 124 valence electrons. The monoisotopic (exact) mass is 322 g/mol. The third kappa shape index (κ3) is 2.22. The number of hydrogen-bond donors (Lipinski definition) is 2. The number of carbonyl (C=O) groups is 1. The van der Waals surface area contributed by atoms with Gasteiger partial charge in [0, 0.05) is 37.2 Å². The SMILES string of the molecule is O=C(N[C@@H]1[C@@H]2Cc3ccccc3[C@@H]21)N1CCC[C@@H](c2cn[nH]c2)C1. The molecule has 1 aliphatic heterocycles. The Kier molecular flexibility index (Phi) is 3.15. The summed E-state index contributed by atoms with van der Waals surface area (Å²) in [5.74, 6) is 1.56. The molecule has 1 aromatic carbocycles. The third-order valence-electron chi connectivity index (χ3n) is 6.03. The van der Waals surface area contributed by atoms with Gasteiger partial charge >= 0.3 is 6.03 Å². The van der Waals surface area contributed by atoms with Gasteiger partial charge in [-0.15, -0.1) is 0 Å². The number of rotatable bonds is 2. The summed E-state index contributed by atoms with van der Waals surface area (Å²) in [6.45, 7) is 1.66. The Bertz CT molecular complexity index is 756. The molecule has 0 radical (unpaired) electrons. The summed E-state index contributed by atoms with van der Waals surface area (Å²) in [5, 5.41) is 10.2. The Morgan fingerprint density at radius 2 is 2.25 bits per heavy atom. The first-order valence-corrected chi connectivity index (χ1v) is 8.93. The quantitative estimate of drug-likeness (QED) is 0.893. The molecule has 2 heterocycles. The van der Waals surface area contributed by atoms with Gasteiger partial charge in [-0.1, -0.05) is 24.3 Å². The summed E-state index contributed by atoms with van der Waals surface area (Å²) in [4.78, 5) is 14.7. The van der Waals surface area contributed by atoms with E-state index in [0.29, 0.717) is 23.8 Å². The van der Waals surface area contributed by atoms with Gasteiger partial charge in [0.1, 0.15) is 0 Å². The van der Waals surface area contributed by atoms with Crippen molar-refractivity contribution in [3.8, 4) is 0 Å². The molecule has 2 amide bonds. The molecule has 0 unspecified atom stereocenters. The lowest BCUT2D eigenvalue weighted by Gasteiger charge is -2.32. The summed E-state index contributed by atoms with van der Waals surface area (Å²) in [5.41, 5.74) is 4.13. The van der Waals surface area contributed by atoms with Crippen molar-refractivity contribution in [1.82, 2.24) is 20.4 Å². The molecule has 1 saturated carbocycles. The van der Waals surface area contributed by atoms with Crippen molar-refractivity contribution in [2.24, 2.45) is 5.92 Å². The molecule has 2 fully saturated rings. The molecule has 5 rings (SSSR count). The van der Waals surface area contributed by atoms with Crippen molar-refractivity contribution >= 4 is 6.03 Å². The second-order valence-corrected chi connectivity index (χ2v) is 7.38. The van der Waals surface area contributed by atoms with Crippen LogP contribution < -0.4 is 5.32 Å².